The van der Waals surface area contributed by atoms with Gasteiger partial charge in [-0.1, -0.05) is 13.8 Å². The van der Waals surface area contributed by atoms with Gasteiger partial charge >= 0.3 is 0 Å². The minimum atomic E-state index is -3.79. The van der Waals surface area contributed by atoms with E-state index in [1.165, 1.54) is 12.3 Å². The third-order valence-corrected chi connectivity index (χ3v) is 3.49. The van der Waals surface area contributed by atoms with Gasteiger partial charge in [0.1, 0.15) is 5.69 Å². The van der Waals surface area contributed by atoms with Gasteiger partial charge in [0, 0.05) is 19.3 Å². The number of nitrogens with one attached hydrogen (secondary N) is 2. The predicted molar refractivity (Wildman–Crippen MR) is 74.8 cm³/mol. The van der Waals surface area contributed by atoms with Gasteiger partial charge in [0.05, 0.1) is 11.5 Å². The number of hydrogen-bond donors (Lipinski definition) is 3. The predicted octanol–water partition coefficient (Wildman–Crippen LogP) is 0.455. The van der Waals surface area contributed by atoms with E-state index in [1.54, 1.807) is 0 Å². The number of primary sulfonamides is 1. The van der Waals surface area contributed by atoms with Crippen LogP contribution in [0.25, 0.3) is 0 Å². The lowest BCUT2D eigenvalue weighted by atomic mass is 10.1. The number of sulfonamides is 1. The molecule has 0 saturated carbocycles. The fourth-order valence-electron chi connectivity index (χ4n) is 1.42. The van der Waals surface area contributed by atoms with E-state index >= 15 is 0 Å². The Hall–Kier alpha value is -1.38. The number of carbonyl (C=O) groups is 1. The van der Waals surface area contributed by atoms with E-state index in [2.05, 4.69) is 24.1 Å². The van der Waals surface area contributed by atoms with Crippen molar-refractivity contribution in [3.05, 3.63) is 18.0 Å². The summed E-state index contributed by atoms with van der Waals surface area (Å²) >= 11 is 0. The molecule has 0 aliphatic heterocycles. The summed E-state index contributed by atoms with van der Waals surface area (Å²) in [5, 5.41) is 7.57. The largest absolute Gasteiger partial charge is 0.380 e. The van der Waals surface area contributed by atoms with Crippen LogP contribution in [0.4, 0.5) is 0 Å². The molecule has 4 N–H and O–H groups in total. The molecule has 8 heteroatoms. The zero-order chi connectivity index (χ0) is 15.2. The molecule has 1 aromatic heterocycles. The van der Waals surface area contributed by atoms with Crippen molar-refractivity contribution >= 4 is 15.9 Å². The maximum Gasteiger partial charge on any atom is 0.267 e. The number of carbonyl (C=O) groups excluding carboxylic acids is 1. The summed E-state index contributed by atoms with van der Waals surface area (Å²) in [5.41, 5.74) is 0.149. The maximum absolute atomic E-state index is 11.7. The molecule has 0 unspecified atom stereocenters. The minimum Gasteiger partial charge on any atom is -0.380 e. The zero-order valence-corrected chi connectivity index (χ0v) is 12.5. The first-order valence-corrected chi connectivity index (χ1v) is 7.92. The highest BCUT2D eigenvalue weighted by Crippen LogP contribution is 2.08. The Morgan fingerprint density at radius 2 is 2.15 bits per heavy atom. The van der Waals surface area contributed by atoms with E-state index in [0.717, 1.165) is 6.42 Å². The molecule has 0 saturated heterocycles. The smallest absolute Gasteiger partial charge is 0.267 e. The molecule has 1 amide bonds. The molecular weight excluding hydrogens is 282 g/mol. The molecular formula is C12H21N3O4S. The average molecular weight is 303 g/mol. The molecule has 1 rings (SSSR count). The van der Waals surface area contributed by atoms with Gasteiger partial charge in [-0.2, -0.15) is 0 Å². The van der Waals surface area contributed by atoms with Crippen LogP contribution in [0.1, 0.15) is 30.8 Å². The van der Waals surface area contributed by atoms with Crippen molar-refractivity contribution in [2.24, 2.45) is 11.1 Å². The molecule has 0 spiro atoms. The molecule has 0 fully saturated rings. The fourth-order valence-corrected chi connectivity index (χ4v) is 1.93. The number of aromatic nitrogens is 1. The normalized spacial score (nSPS) is 11.8. The monoisotopic (exact) mass is 303 g/mol. The summed E-state index contributed by atoms with van der Waals surface area (Å²) in [6, 6.07) is 1.20. The van der Waals surface area contributed by atoms with E-state index in [1.807, 2.05) is 0 Å². The van der Waals surface area contributed by atoms with Crippen LogP contribution in [0.2, 0.25) is 0 Å². The van der Waals surface area contributed by atoms with Crippen molar-refractivity contribution in [1.82, 2.24) is 10.3 Å². The minimum absolute atomic E-state index is 0.115. The quantitative estimate of drug-likeness (QED) is 0.605. The lowest BCUT2D eigenvalue weighted by Gasteiger charge is -2.07. The highest BCUT2D eigenvalue weighted by Gasteiger charge is 2.14. The van der Waals surface area contributed by atoms with Crippen molar-refractivity contribution in [3.63, 3.8) is 0 Å². The molecule has 0 aromatic carbocycles. The first-order chi connectivity index (χ1) is 9.30. The molecule has 0 atom stereocenters. The average Bonchev–Trinajstić information content (AvgIpc) is 2.82. The van der Waals surface area contributed by atoms with Gasteiger partial charge in [-0.25, -0.2) is 13.6 Å². The SMILES string of the molecule is CC(C)CCOCCNC(=O)c1cc(S(N)(=O)=O)c[nH]1. The van der Waals surface area contributed by atoms with Gasteiger partial charge in [-0.05, 0) is 18.4 Å². The highest BCUT2D eigenvalue weighted by molar-refractivity contribution is 7.89. The van der Waals surface area contributed by atoms with Crippen LogP contribution in [0.3, 0.4) is 0 Å². The number of nitrogens with two attached hydrogens (primary N) is 1. The van der Waals surface area contributed by atoms with Crippen molar-refractivity contribution in [2.45, 2.75) is 25.2 Å². The van der Waals surface area contributed by atoms with Crippen LogP contribution in [-0.4, -0.2) is 39.1 Å². The van der Waals surface area contributed by atoms with E-state index in [9.17, 15) is 13.2 Å². The van der Waals surface area contributed by atoms with Crippen LogP contribution in [0.15, 0.2) is 17.2 Å². The van der Waals surface area contributed by atoms with Gasteiger partial charge in [0.15, 0.2) is 0 Å². The van der Waals surface area contributed by atoms with E-state index < -0.39 is 15.9 Å². The number of rotatable bonds is 8. The summed E-state index contributed by atoms with van der Waals surface area (Å²) in [6.07, 6.45) is 2.16. The molecule has 114 valence electrons. The van der Waals surface area contributed by atoms with Gasteiger partial charge in [-0.3, -0.25) is 4.79 Å². The third kappa shape index (κ3) is 5.72. The lowest BCUT2D eigenvalue weighted by Crippen LogP contribution is -2.27. The van der Waals surface area contributed by atoms with E-state index in [-0.39, 0.29) is 10.6 Å². The van der Waals surface area contributed by atoms with Crippen molar-refractivity contribution in [3.8, 4) is 0 Å². The van der Waals surface area contributed by atoms with Crippen LogP contribution < -0.4 is 10.5 Å². The second-order valence-electron chi connectivity index (χ2n) is 4.84. The van der Waals surface area contributed by atoms with Crippen molar-refractivity contribution in [1.29, 1.82) is 0 Å². The molecule has 1 heterocycles. The standard InChI is InChI=1S/C12H21N3O4S/c1-9(2)3-5-19-6-4-14-12(16)11-7-10(8-15-11)20(13,17)18/h7-9,15H,3-6H2,1-2H3,(H,14,16)(H2,13,17,18). The van der Waals surface area contributed by atoms with Crippen molar-refractivity contribution in [2.75, 3.05) is 19.8 Å². The fraction of sp³-hybridized carbons (Fsp3) is 0.583. The topological polar surface area (TPSA) is 114 Å². The summed E-state index contributed by atoms with van der Waals surface area (Å²) in [4.78, 5) is 14.1. The zero-order valence-electron chi connectivity index (χ0n) is 11.7. The Bertz CT molecular complexity index is 537. The number of ether oxygens (including phenoxy) is 1. The second-order valence-corrected chi connectivity index (χ2v) is 6.41. The second kappa shape index (κ2) is 7.41. The number of H-pyrrole nitrogens is 1. The van der Waals surface area contributed by atoms with Gasteiger partial charge in [0.25, 0.3) is 5.91 Å². The Labute approximate surface area is 118 Å². The van der Waals surface area contributed by atoms with Crippen molar-refractivity contribution < 1.29 is 17.9 Å². The summed E-state index contributed by atoms with van der Waals surface area (Å²) in [6.45, 7) is 5.66. The van der Waals surface area contributed by atoms with Gasteiger partial charge < -0.3 is 15.0 Å². The molecule has 0 radical (unpaired) electrons. The first kappa shape index (κ1) is 16.7. The number of aromatic amines is 1. The number of amides is 1. The molecule has 0 aliphatic rings. The maximum atomic E-state index is 11.7. The van der Waals surface area contributed by atoms with Crippen LogP contribution >= 0.6 is 0 Å². The molecule has 0 bridgehead atoms. The van der Waals surface area contributed by atoms with E-state index in [0.29, 0.717) is 25.7 Å². The summed E-state index contributed by atoms with van der Waals surface area (Å²) in [5.74, 6) is 0.188. The highest BCUT2D eigenvalue weighted by atomic mass is 32.2. The lowest BCUT2D eigenvalue weighted by molar-refractivity contribution is 0.0901. The van der Waals surface area contributed by atoms with Crippen LogP contribution in [-0.2, 0) is 14.8 Å². The Balaban J connectivity index is 2.31. The van der Waals surface area contributed by atoms with E-state index in [4.69, 9.17) is 9.88 Å². The Morgan fingerprint density at radius 3 is 2.70 bits per heavy atom. The summed E-state index contributed by atoms with van der Waals surface area (Å²) < 4.78 is 27.5. The molecule has 20 heavy (non-hydrogen) atoms. The van der Waals surface area contributed by atoms with Crippen LogP contribution in [0.5, 0.6) is 0 Å². The van der Waals surface area contributed by atoms with Gasteiger partial charge in [0.2, 0.25) is 10.0 Å². The first-order valence-electron chi connectivity index (χ1n) is 6.38. The summed E-state index contributed by atoms with van der Waals surface area (Å²) in [7, 11) is -3.79. The molecule has 7 nitrogen and oxygen atoms in total. The number of hydrogen-bond acceptors (Lipinski definition) is 4. The Morgan fingerprint density at radius 1 is 1.45 bits per heavy atom. The Kier molecular flexibility index (Phi) is 6.18. The molecule has 1 aromatic rings. The molecule has 0 aliphatic carbocycles. The van der Waals surface area contributed by atoms with Crippen LogP contribution in [0, 0.1) is 5.92 Å². The van der Waals surface area contributed by atoms with Gasteiger partial charge in [-0.15, -0.1) is 0 Å². The third-order valence-electron chi connectivity index (χ3n) is 2.60.